The van der Waals surface area contributed by atoms with Crippen LogP contribution in [-0.2, 0) is 26.3 Å². The maximum Gasteiger partial charge on any atom is 0.408 e. The number of amides is 1. The Morgan fingerprint density at radius 3 is 2.48 bits per heavy atom. The molecular formula is C25H32F3N9O3. The normalized spacial score (nSPS) is 24.4. The topological polar surface area (TPSA) is 147 Å². The van der Waals surface area contributed by atoms with E-state index in [9.17, 15) is 18.0 Å². The first-order valence-corrected chi connectivity index (χ1v) is 13.1. The minimum Gasteiger partial charge on any atom is -0.457 e. The van der Waals surface area contributed by atoms with Gasteiger partial charge in [-0.1, -0.05) is 0 Å². The van der Waals surface area contributed by atoms with E-state index in [1.807, 2.05) is 18.7 Å². The van der Waals surface area contributed by atoms with Crippen LogP contribution in [0, 0.1) is 5.41 Å². The first-order chi connectivity index (χ1) is 18.8. The minimum atomic E-state index is -4.47. The van der Waals surface area contributed by atoms with Gasteiger partial charge in [0.25, 0.3) is 6.02 Å². The Bertz CT molecular complexity index is 1290. The summed E-state index contributed by atoms with van der Waals surface area (Å²) < 4.78 is 51.1. The zero-order valence-corrected chi connectivity index (χ0v) is 22.7. The van der Waals surface area contributed by atoms with Crippen LogP contribution in [0.4, 0.5) is 36.4 Å². The predicted octanol–water partition coefficient (Wildman–Crippen LogP) is 2.90. The van der Waals surface area contributed by atoms with Gasteiger partial charge < -0.3 is 25.0 Å². The molecule has 0 saturated carbocycles. The molecule has 0 spiro atoms. The summed E-state index contributed by atoms with van der Waals surface area (Å²) in [5.74, 6) is 0.467. The molecule has 12 nitrogen and oxygen atoms in total. The van der Waals surface area contributed by atoms with E-state index in [1.54, 1.807) is 13.8 Å². The van der Waals surface area contributed by atoms with Crippen LogP contribution in [0.5, 0.6) is 0 Å². The number of carbonyl (C=O) groups is 1. The van der Waals surface area contributed by atoms with E-state index in [4.69, 9.17) is 20.6 Å². The molecular weight excluding hydrogens is 531 g/mol. The number of aromatic nitrogens is 4. The van der Waals surface area contributed by atoms with Crippen molar-refractivity contribution in [2.24, 2.45) is 0 Å². The van der Waals surface area contributed by atoms with Crippen LogP contribution >= 0.6 is 0 Å². The van der Waals surface area contributed by atoms with Gasteiger partial charge in [0.2, 0.25) is 11.9 Å². The Morgan fingerprint density at radius 1 is 1.20 bits per heavy atom. The van der Waals surface area contributed by atoms with Gasteiger partial charge in [-0.15, -0.1) is 0 Å². The van der Waals surface area contributed by atoms with Crippen molar-refractivity contribution in [2.45, 2.75) is 77.0 Å². The molecule has 0 bridgehead atoms. The van der Waals surface area contributed by atoms with Crippen LogP contribution in [0.25, 0.3) is 0 Å². The van der Waals surface area contributed by atoms with Gasteiger partial charge in [0.1, 0.15) is 17.7 Å². The third kappa shape index (κ3) is 4.97. The van der Waals surface area contributed by atoms with Crippen LogP contribution in [0.15, 0.2) is 12.4 Å². The number of likely N-dealkylation sites (tertiary alicyclic amines) is 1. The second-order valence-electron chi connectivity index (χ2n) is 10.9. The van der Waals surface area contributed by atoms with Crippen molar-refractivity contribution in [3.05, 3.63) is 23.8 Å². The molecule has 2 saturated heterocycles. The van der Waals surface area contributed by atoms with Gasteiger partial charge in [0.15, 0.2) is 12.4 Å². The molecule has 0 unspecified atom stereocenters. The number of nitrogens with one attached hydrogen (secondary N) is 1. The number of anilines is 4. The molecule has 0 aliphatic carbocycles. The summed E-state index contributed by atoms with van der Waals surface area (Å²) in [6.07, 6.45) is -1.17. The highest BCUT2D eigenvalue weighted by Crippen LogP contribution is 2.46. The summed E-state index contributed by atoms with van der Waals surface area (Å²) >= 11 is 0. The molecule has 1 amide bonds. The first kappa shape index (κ1) is 27.8. The lowest BCUT2D eigenvalue weighted by Crippen LogP contribution is -2.46. The van der Waals surface area contributed by atoms with Crippen molar-refractivity contribution in [2.75, 3.05) is 35.2 Å². The quantitative estimate of drug-likeness (QED) is 0.420. The van der Waals surface area contributed by atoms with Crippen molar-refractivity contribution in [3.8, 4) is 0 Å². The fourth-order valence-electron chi connectivity index (χ4n) is 5.56. The van der Waals surface area contributed by atoms with Gasteiger partial charge >= 0.3 is 6.18 Å². The molecule has 2 fully saturated rings. The smallest absolute Gasteiger partial charge is 0.408 e. The van der Waals surface area contributed by atoms with Crippen LogP contribution < -0.4 is 15.5 Å². The zero-order chi connectivity index (χ0) is 29.0. The number of fused-ring (bicyclic) bond motifs is 1. The van der Waals surface area contributed by atoms with Gasteiger partial charge in [-0.2, -0.15) is 13.2 Å². The number of hydrogen-bond donors (Lipinski definition) is 2. The van der Waals surface area contributed by atoms with E-state index >= 15 is 0 Å². The Kier molecular flexibility index (Phi) is 6.96. The SMILES string of the molecule is C[C@@H]1CN(c2ncc(N3C(=O)C(C)(C)c4c(N)nc(COC(=N)N5CCC[C@@H]5C(F)(F)F)nc43)cn2)C[C@H](C)O1. The minimum absolute atomic E-state index is 0.0199. The van der Waals surface area contributed by atoms with Crippen molar-refractivity contribution >= 4 is 35.2 Å². The van der Waals surface area contributed by atoms with Gasteiger partial charge in [-0.05, 0) is 40.5 Å². The maximum absolute atomic E-state index is 13.5. The number of hydrogen-bond acceptors (Lipinski definition) is 10. The van der Waals surface area contributed by atoms with E-state index in [0.29, 0.717) is 36.7 Å². The average Bonchev–Trinajstić information content (AvgIpc) is 3.44. The lowest BCUT2D eigenvalue weighted by atomic mass is 9.87. The number of amidine groups is 1. The summed E-state index contributed by atoms with van der Waals surface area (Å²) in [4.78, 5) is 35.5. The van der Waals surface area contributed by atoms with Crippen LogP contribution in [0.1, 0.15) is 51.9 Å². The number of morpholine rings is 1. The fraction of sp³-hybridized carbons (Fsp3) is 0.600. The summed E-state index contributed by atoms with van der Waals surface area (Å²) in [6.45, 7) is 8.29. The molecule has 216 valence electrons. The molecule has 3 atom stereocenters. The second-order valence-corrected chi connectivity index (χ2v) is 10.9. The van der Waals surface area contributed by atoms with Crippen molar-refractivity contribution in [1.29, 1.82) is 5.41 Å². The lowest BCUT2D eigenvalue weighted by Gasteiger charge is -2.35. The molecule has 0 radical (unpaired) electrons. The number of halogens is 3. The highest BCUT2D eigenvalue weighted by atomic mass is 19.4. The highest BCUT2D eigenvalue weighted by Gasteiger charge is 2.49. The van der Waals surface area contributed by atoms with E-state index in [-0.39, 0.29) is 48.5 Å². The summed E-state index contributed by atoms with van der Waals surface area (Å²) in [5.41, 5.74) is 5.98. The molecule has 3 N–H and O–H groups in total. The Morgan fingerprint density at radius 2 is 1.85 bits per heavy atom. The van der Waals surface area contributed by atoms with E-state index in [2.05, 4.69) is 19.9 Å². The number of ether oxygens (including phenoxy) is 2. The predicted molar refractivity (Wildman–Crippen MR) is 139 cm³/mol. The molecule has 3 aliphatic heterocycles. The molecule has 3 aliphatic rings. The Balaban J connectivity index is 1.39. The molecule has 5 heterocycles. The highest BCUT2D eigenvalue weighted by molar-refractivity contribution is 6.12. The van der Waals surface area contributed by atoms with Gasteiger partial charge in [0, 0.05) is 19.6 Å². The van der Waals surface area contributed by atoms with Crippen LogP contribution in [-0.4, -0.2) is 80.8 Å². The first-order valence-electron chi connectivity index (χ1n) is 13.1. The molecule has 2 aromatic heterocycles. The second kappa shape index (κ2) is 10.0. The van der Waals surface area contributed by atoms with E-state index in [0.717, 1.165) is 4.90 Å². The number of rotatable bonds is 4. The summed E-state index contributed by atoms with van der Waals surface area (Å²) in [7, 11) is 0. The van der Waals surface area contributed by atoms with Gasteiger partial charge in [0.05, 0.1) is 41.3 Å². The van der Waals surface area contributed by atoms with E-state index in [1.165, 1.54) is 17.3 Å². The summed E-state index contributed by atoms with van der Waals surface area (Å²) in [6, 6.07) is -2.39. The van der Waals surface area contributed by atoms with Crippen molar-refractivity contribution < 1.29 is 27.4 Å². The average molecular weight is 564 g/mol. The Labute approximate surface area is 229 Å². The molecule has 0 aromatic carbocycles. The molecule has 5 rings (SSSR count). The number of nitrogen functional groups attached to an aromatic ring is 1. The number of carbonyl (C=O) groups excluding carboxylic acids is 1. The number of nitrogens with two attached hydrogens (primary N) is 1. The molecule has 40 heavy (non-hydrogen) atoms. The summed E-state index contributed by atoms with van der Waals surface area (Å²) in [5, 5.41) is 8.08. The van der Waals surface area contributed by atoms with Crippen LogP contribution in [0.3, 0.4) is 0 Å². The van der Waals surface area contributed by atoms with Gasteiger partial charge in [-0.25, -0.2) is 19.9 Å². The number of alkyl halides is 3. The lowest BCUT2D eigenvalue weighted by molar-refractivity contribution is -0.169. The molecule has 15 heteroatoms. The third-order valence-corrected chi connectivity index (χ3v) is 7.35. The largest absolute Gasteiger partial charge is 0.457 e. The zero-order valence-electron chi connectivity index (χ0n) is 22.7. The van der Waals surface area contributed by atoms with Gasteiger partial charge in [-0.3, -0.25) is 15.1 Å². The van der Waals surface area contributed by atoms with E-state index < -0.39 is 30.3 Å². The fourth-order valence-corrected chi connectivity index (χ4v) is 5.56. The Hall–Kier alpha value is -3.75. The molecule has 2 aromatic rings. The monoisotopic (exact) mass is 563 g/mol. The van der Waals surface area contributed by atoms with Crippen LogP contribution in [0.2, 0.25) is 0 Å². The maximum atomic E-state index is 13.5. The van der Waals surface area contributed by atoms with Crippen molar-refractivity contribution in [1.82, 2.24) is 24.8 Å². The van der Waals surface area contributed by atoms with Crippen molar-refractivity contribution in [3.63, 3.8) is 0 Å². The standard InChI is InChI=1S/C25H32F3N9O3/c1-13-10-35(11-14(2)40-13)23-31-8-15(9-32-23)37-20-18(24(3,4)21(37)38)19(29)33-17(34-20)12-39-22(30)36-7-5-6-16(36)25(26,27)28/h8-9,13-14,16,30H,5-7,10-12H2,1-4H3,(H2,29,33,34)/t13-,14+,16-/m1/s1. The number of nitrogens with zero attached hydrogens (tertiary/aromatic N) is 7. The third-order valence-electron chi connectivity index (χ3n) is 7.35.